The number of amides is 1. The Labute approximate surface area is 102 Å². The lowest BCUT2D eigenvalue weighted by Gasteiger charge is -2.21. The summed E-state index contributed by atoms with van der Waals surface area (Å²) in [6.45, 7) is -0.0737. The van der Waals surface area contributed by atoms with Crippen LogP contribution in [0.15, 0.2) is 27.9 Å². The van der Waals surface area contributed by atoms with Gasteiger partial charge in [-0.25, -0.2) is 5.84 Å². The zero-order valence-corrected chi connectivity index (χ0v) is 9.61. The molecule has 0 fully saturated rings. The summed E-state index contributed by atoms with van der Waals surface area (Å²) >= 11 is 4.13. The van der Waals surface area contributed by atoms with Crippen molar-refractivity contribution >= 4 is 24.2 Å². The van der Waals surface area contributed by atoms with Crippen molar-refractivity contribution < 1.29 is 4.79 Å². The van der Waals surface area contributed by atoms with Gasteiger partial charge in [0.25, 0.3) is 5.91 Å². The van der Waals surface area contributed by atoms with E-state index in [9.17, 15) is 4.79 Å². The van der Waals surface area contributed by atoms with E-state index < -0.39 is 11.9 Å². The Morgan fingerprint density at radius 2 is 2.53 bits per heavy atom. The van der Waals surface area contributed by atoms with Crippen LogP contribution in [0.25, 0.3) is 10.4 Å². The van der Waals surface area contributed by atoms with E-state index in [0.29, 0.717) is 10.6 Å². The van der Waals surface area contributed by atoms with Crippen molar-refractivity contribution in [2.75, 3.05) is 6.54 Å². The molecule has 1 amide bonds. The molecule has 1 aliphatic rings. The quantitative estimate of drug-likeness (QED) is 0.0702. The van der Waals surface area contributed by atoms with Gasteiger partial charge in [0.15, 0.2) is 0 Å². The minimum atomic E-state index is -0.622. The molecule has 0 radical (unpaired) electrons. The molecule has 90 valence electrons. The molecule has 0 saturated carbocycles. The van der Waals surface area contributed by atoms with Crippen molar-refractivity contribution in [1.29, 1.82) is 5.41 Å². The van der Waals surface area contributed by atoms with Crippen LogP contribution in [0, 0.1) is 5.41 Å². The summed E-state index contributed by atoms with van der Waals surface area (Å²) in [5, 5.41) is 14.0. The molecule has 0 aromatic heterocycles. The molecule has 9 heteroatoms. The Bertz CT molecular complexity index is 449. The number of hydrogen-bond acceptors (Lipinski definition) is 6. The molecular weight excluding hydrogens is 242 g/mol. The number of nitrogens with zero attached hydrogens (tertiary/aromatic N) is 3. The first-order valence-corrected chi connectivity index (χ1v) is 5.02. The van der Waals surface area contributed by atoms with Gasteiger partial charge in [0.05, 0.1) is 11.6 Å². The first-order valence-electron chi connectivity index (χ1n) is 4.57. The summed E-state index contributed by atoms with van der Waals surface area (Å²) in [5.41, 5.74) is 10.7. The van der Waals surface area contributed by atoms with Gasteiger partial charge in [-0.2, -0.15) is 0 Å². The van der Waals surface area contributed by atoms with E-state index in [0.717, 1.165) is 0 Å². The van der Waals surface area contributed by atoms with Crippen molar-refractivity contribution in [2.24, 2.45) is 11.0 Å². The van der Waals surface area contributed by atoms with Crippen LogP contribution < -0.4 is 16.6 Å². The summed E-state index contributed by atoms with van der Waals surface area (Å²) in [7, 11) is 0. The van der Waals surface area contributed by atoms with Crippen LogP contribution in [0.4, 0.5) is 0 Å². The lowest BCUT2D eigenvalue weighted by atomic mass is 10.1. The Morgan fingerprint density at radius 3 is 3.06 bits per heavy atom. The minimum absolute atomic E-state index is 0.0737. The molecule has 1 aliphatic heterocycles. The number of thiol groups is 1. The van der Waals surface area contributed by atoms with E-state index in [4.69, 9.17) is 16.8 Å². The predicted molar refractivity (Wildman–Crippen MR) is 66.1 cm³/mol. The average Bonchev–Trinajstić information content (AvgIpc) is 2.34. The Kier molecular flexibility index (Phi) is 4.58. The molecule has 1 unspecified atom stereocenters. The maximum absolute atomic E-state index is 11.2. The lowest BCUT2D eigenvalue weighted by Crippen LogP contribution is -2.46. The Balaban J connectivity index is 2.78. The molecule has 0 aromatic carbocycles. The van der Waals surface area contributed by atoms with Gasteiger partial charge in [0, 0.05) is 16.2 Å². The van der Waals surface area contributed by atoms with Crippen LogP contribution >= 0.6 is 12.6 Å². The second-order valence-corrected chi connectivity index (χ2v) is 3.57. The largest absolute Gasteiger partial charge is 0.365 e. The monoisotopic (exact) mass is 253 g/mol. The zero-order valence-electron chi connectivity index (χ0n) is 8.71. The van der Waals surface area contributed by atoms with Gasteiger partial charge in [0.1, 0.15) is 6.04 Å². The standard InChI is InChI=1S/C8H11N7OS/c9-5(3-12-15-11)4-1-2-6(7(16)14-10)13-8(4)17/h1-2,6,9,13,17H,3,10H2,(H,14,16). The summed E-state index contributed by atoms with van der Waals surface area (Å²) in [4.78, 5) is 13.8. The highest BCUT2D eigenvalue weighted by Gasteiger charge is 2.20. The topological polar surface area (TPSA) is 140 Å². The number of hydrogen-bond donors (Lipinski definition) is 5. The number of carbonyl (C=O) groups is 1. The van der Waals surface area contributed by atoms with Crippen LogP contribution in [-0.4, -0.2) is 24.2 Å². The van der Waals surface area contributed by atoms with E-state index in [1.165, 1.54) is 0 Å². The van der Waals surface area contributed by atoms with Crippen molar-refractivity contribution in [3.8, 4) is 0 Å². The van der Waals surface area contributed by atoms with Crippen molar-refractivity contribution in [2.45, 2.75) is 6.04 Å². The number of azide groups is 1. The fourth-order valence-corrected chi connectivity index (χ4v) is 1.57. The van der Waals surface area contributed by atoms with Crippen molar-refractivity contribution in [3.05, 3.63) is 33.2 Å². The summed E-state index contributed by atoms with van der Waals surface area (Å²) in [6, 6.07) is -0.622. The molecule has 0 spiro atoms. The number of carbonyl (C=O) groups excluding carboxylic acids is 1. The average molecular weight is 253 g/mol. The molecule has 0 saturated heterocycles. The molecular formula is C8H11N7OS. The maximum atomic E-state index is 11.2. The summed E-state index contributed by atoms with van der Waals surface area (Å²) in [6.07, 6.45) is 3.11. The van der Waals surface area contributed by atoms with E-state index in [1.54, 1.807) is 12.2 Å². The van der Waals surface area contributed by atoms with Gasteiger partial charge in [-0.3, -0.25) is 10.2 Å². The van der Waals surface area contributed by atoms with Crippen molar-refractivity contribution in [3.63, 3.8) is 0 Å². The molecule has 1 rings (SSSR count). The fourth-order valence-electron chi connectivity index (χ4n) is 1.22. The first-order chi connectivity index (χ1) is 8.10. The number of allylic oxidation sites excluding steroid dienone is 1. The molecule has 1 atom stereocenters. The fraction of sp³-hybridized carbons (Fsp3) is 0.250. The first kappa shape index (κ1) is 13.1. The number of hydrazine groups is 1. The zero-order chi connectivity index (χ0) is 12.8. The second-order valence-electron chi connectivity index (χ2n) is 3.12. The molecule has 0 aliphatic carbocycles. The SMILES string of the molecule is [N-]=[N+]=NCC(=N)C1=C(S)NC(C(=O)NN)C=C1. The number of nitrogens with two attached hydrogens (primary N) is 1. The van der Waals surface area contributed by atoms with Crippen LogP contribution in [-0.2, 0) is 4.79 Å². The molecule has 0 bridgehead atoms. The second kappa shape index (κ2) is 5.94. The molecule has 0 aromatic rings. The highest BCUT2D eigenvalue weighted by Crippen LogP contribution is 2.15. The third kappa shape index (κ3) is 3.25. The predicted octanol–water partition coefficient (Wildman–Crippen LogP) is -0.0242. The van der Waals surface area contributed by atoms with Gasteiger partial charge in [-0.15, -0.1) is 12.6 Å². The van der Waals surface area contributed by atoms with Gasteiger partial charge in [0.2, 0.25) is 0 Å². The number of dihydropyridines is 1. The van der Waals surface area contributed by atoms with Crippen LogP contribution in [0.2, 0.25) is 0 Å². The van der Waals surface area contributed by atoms with Crippen LogP contribution in [0.3, 0.4) is 0 Å². The van der Waals surface area contributed by atoms with Crippen LogP contribution in [0.1, 0.15) is 0 Å². The van der Waals surface area contributed by atoms with E-state index in [2.05, 4.69) is 28.0 Å². The smallest absolute Gasteiger partial charge is 0.260 e. The third-order valence-corrected chi connectivity index (χ3v) is 2.41. The minimum Gasteiger partial charge on any atom is -0.365 e. The highest BCUT2D eigenvalue weighted by atomic mass is 32.1. The van der Waals surface area contributed by atoms with Gasteiger partial charge in [-0.05, 0) is 5.53 Å². The Hall–Kier alpha value is -1.96. The molecule has 17 heavy (non-hydrogen) atoms. The lowest BCUT2D eigenvalue weighted by molar-refractivity contribution is -0.121. The number of rotatable bonds is 4. The van der Waals surface area contributed by atoms with Gasteiger partial charge in [-0.1, -0.05) is 17.3 Å². The third-order valence-electron chi connectivity index (χ3n) is 2.04. The van der Waals surface area contributed by atoms with Crippen LogP contribution in [0.5, 0.6) is 0 Å². The molecule has 5 N–H and O–H groups in total. The van der Waals surface area contributed by atoms with Gasteiger partial charge >= 0.3 is 0 Å². The summed E-state index contributed by atoms with van der Waals surface area (Å²) in [5.74, 6) is 4.59. The molecule has 1 heterocycles. The van der Waals surface area contributed by atoms with E-state index >= 15 is 0 Å². The Morgan fingerprint density at radius 1 is 1.82 bits per heavy atom. The highest BCUT2D eigenvalue weighted by molar-refractivity contribution is 7.84. The maximum Gasteiger partial charge on any atom is 0.260 e. The van der Waals surface area contributed by atoms with E-state index in [1.807, 2.05) is 5.43 Å². The molecule has 8 nitrogen and oxygen atoms in total. The van der Waals surface area contributed by atoms with Crippen molar-refractivity contribution in [1.82, 2.24) is 10.7 Å². The van der Waals surface area contributed by atoms with E-state index in [-0.39, 0.29) is 12.3 Å². The van der Waals surface area contributed by atoms with Gasteiger partial charge < -0.3 is 10.7 Å². The number of nitrogens with one attached hydrogen (secondary N) is 3. The normalized spacial score (nSPS) is 18.1. The summed E-state index contributed by atoms with van der Waals surface area (Å²) < 4.78 is 0.